The molecule has 0 radical (unpaired) electrons. The zero-order valence-electron chi connectivity index (χ0n) is 8.94. The first-order chi connectivity index (χ1) is 7.67. The van der Waals surface area contributed by atoms with Crippen molar-refractivity contribution in [3.63, 3.8) is 0 Å². The molecule has 0 saturated carbocycles. The van der Waals surface area contributed by atoms with Gasteiger partial charge in [0.1, 0.15) is 5.75 Å². The molecule has 1 unspecified atom stereocenters. The van der Waals surface area contributed by atoms with E-state index in [-0.39, 0.29) is 5.91 Å². The van der Waals surface area contributed by atoms with E-state index in [9.17, 15) is 9.59 Å². The smallest absolute Gasteiger partial charge is 0.333 e. The van der Waals surface area contributed by atoms with E-state index in [1.54, 1.807) is 18.2 Å². The van der Waals surface area contributed by atoms with Gasteiger partial charge in [-0.3, -0.25) is 4.79 Å². The van der Waals surface area contributed by atoms with Gasteiger partial charge in [0.05, 0.1) is 14.2 Å². The van der Waals surface area contributed by atoms with Gasteiger partial charge in [-0.2, -0.15) is 0 Å². The van der Waals surface area contributed by atoms with Crippen LogP contribution >= 0.6 is 0 Å². The molecule has 1 aromatic carbocycles. The summed E-state index contributed by atoms with van der Waals surface area (Å²) >= 11 is 0. The molecule has 0 aliphatic carbocycles. The number of hydrogen-bond donors (Lipinski definition) is 1. The van der Waals surface area contributed by atoms with Gasteiger partial charge in [-0.1, -0.05) is 6.07 Å². The molecule has 1 aliphatic rings. The van der Waals surface area contributed by atoms with Crippen LogP contribution in [-0.4, -0.2) is 26.1 Å². The molecule has 1 N–H and O–H groups in total. The van der Waals surface area contributed by atoms with Crippen LogP contribution in [-0.2, 0) is 9.53 Å². The molecule has 84 valence electrons. The number of carbonyl (C=O) groups is 2. The Morgan fingerprint density at radius 2 is 2.12 bits per heavy atom. The second kappa shape index (κ2) is 3.84. The third-order valence-electron chi connectivity index (χ3n) is 2.53. The molecule has 0 spiro atoms. The predicted octanol–water partition coefficient (Wildman–Crippen LogP) is 0.653. The number of carbonyl (C=O) groups excluding carboxylic acids is 2. The average molecular weight is 221 g/mol. The molecule has 0 fully saturated rings. The van der Waals surface area contributed by atoms with E-state index in [2.05, 4.69) is 10.1 Å². The standard InChI is InChI=1S/C11H11NO4/c1-15-6-3-4-7-8(5-6)10(13)12-9(7)11(14)16-2/h3-5,9H,1-2H3,(H,12,13). The normalized spacial score (nSPS) is 17.6. The molecule has 2 rings (SSSR count). The van der Waals surface area contributed by atoms with E-state index < -0.39 is 12.0 Å². The SMILES string of the molecule is COC(=O)C1NC(=O)c2cc(OC)ccc21. The van der Waals surface area contributed by atoms with E-state index in [4.69, 9.17) is 4.74 Å². The number of nitrogens with one attached hydrogen (secondary N) is 1. The Morgan fingerprint density at radius 3 is 2.75 bits per heavy atom. The molecule has 1 heterocycles. The Labute approximate surface area is 92.4 Å². The summed E-state index contributed by atoms with van der Waals surface area (Å²) in [7, 11) is 2.81. The highest BCUT2D eigenvalue weighted by molar-refractivity contribution is 6.04. The van der Waals surface area contributed by atoms with Crippen molar-refractivity contribution in [2.45, 2.75) is 6.04 Å². The summed E-state index contributed by atoms with van der Waals surface area (Å²) in [6.07, 6.45) is 0. The van der Waals surface area contributed by atoms with Crippen LogP contribution in [0.4, 0.5) is 0 Å². The van der Waals surface area contributed by atoms with E-state index in [0.29, 0.717) is 16.9 Å². The lowest BCUT2D eigenvalue weighted by Crippen LogP contribution is -2.26. The summed E-state index contributed by atoms with van der Waals surface area (Å²) in [5.74, 6) is -0.180. The van der Waals surface area contributed by atoms with Gasteiger partial charge < -0.3 is 14.8 Å². The summed E-state index contributed by atoms with van der Waals surface area (Å²) in [5.41, 5.74) is 1.08. The van der Waals surface area contributed by atoms with E-state index >= 15 is 0 Å². The van der Waals surface area contributed by atoms with Gasteiger partial charge in [-0.15, -0.1) is 0 Å². The summed E-state index contributed by atoms with van der Waals surface area (Å²) in [6, 6.07) is 4.29. The van der Waals surface area contributed by atoms with Crippen LogP contribution in [0.15, 0.2) is 18.2 Å². The van der Waals surface area contributed by atoms with Gasteiger partial charge in [0.25, 0.3) is 5.91 Å². The first-order valence-corrected chi connectivity index (χ1v) is 4.74. The van der Waals surface area contributed by atoms with Crippen molar-refractivity contribution in [3.05, 3.63) is 29.3 Å². The van der Waals surface area contributed by atoms with Crippen molar-refractivity contribution in [2.75, 3.05) is 14.2 Å². The third kappa shape index (κ3) is 1.50. The number of hydrogen-bond acceptors (Lipinski definition) is 4. The average Bonchev–Trinajstić information content (AvgIpc) is 2.65. The monoisotopic (exact) mass is 221 g/mol. The molecule has 1 amide bonds. The first-order valence-electron chi connectivity index (χ1n) is 4.74. The maximum Gasteiger partial charge on any atom is 0.333 e. The van der Waals surface area contributed by atoms with E-state index in [1.807, 2.05) is 0 Å². The third-order valence-corrected chi connectivity index (χ3v) is 2.53. The minimum Gasteiger partial charge on any atom is -0.497 e. The summed E-state index contributed by atoms with van der Waals surface area (Å²) in [5, 5.41) is 2.55. The zero-order chi connectivity index (χ0) is 11.7. The Hall–Kier alpha value is -2.04. The fraction of sp³-hybridized carbons (Fsp3) is 0.273. The highest BCUT2D eigenvalue weighted by Gasteiger charge is 2.34. The largest absolute Gasteiger partial charge is 0.497 e. The van der Waals surface area contributed by atoms with Crippen molar-refractivity contribution in [3.8, 4) is 5.75 Å². The van der Waals surface area contributed by atoms with Gasteiger partial charge >= 0.3 is 5.97 Å². The minimum absolute atomic E-state index is 0.288. The number of amides is 1. The maximum absolute atomic E-state index is 11.6. The molecule has 0 bridgehead atoms. The number of rotatable bonds is 2. The fourth-order valence-electron chi connectivity index (χ4n) is 1.70. The zero-order valence-corrected chi connectivity index (χ0v) is 8.94. The van der Waals surface area contributed by atoms with Crippen molar-refractivity contribution >= 4 is 11.9 Å². The number of benzene rings is 1. The van der Waals surface area contributed by atoms with E-state index in [1.165, 1.54) is 14.2 Å². The highest BCUT2D eigenvalue weighted by Crippen LogP contribution is 2.29. The summed E-state index contributed by atoms with van der Waals surface area (Å²) in [6.45, 7) is 0. The molecule has 1 aliphatic heterocycles. The Kier molecular flexibility index (Phi) is 2.52. The fourth-order valence-corrected chi connectivity index (χ4v) is 1.70. The van der Waals surface area contributed by atoms with Crippen LogP contribution < -0.4 is 10.1 Å². The predicted molar refractivity (Wildman–Crippen MR) is 55.2 cm³/mol. The second-order valence-corrected chi connectivity index (χ2v) is 3.38. The first kappa shape index (κ1) is 10.5. The van der Waals surface area contributed by atoms with Gasteiger partial charge in [-0.25, -0.2) is 4.79 Å². The van der Waals surface area contributed by atoms with Gasteiger partial charge in [0.15, 0.2) is 6.04 Å². The molecule has 1 atom stereocenters. The van der Waals surface area contributed by atoms with E-state index in [0.717, 1.165) is 0 Å². The van der Waals surface area contributed by atoms with Gasteiger partial charge in [-0.05, 0) is 17.7 Å². The molecule has 0 saturated heterocycles. The summed E-state index contributed by atoms with van der Waals surface area (Å²) < 4.78 is 9.62. The second-order valence-electron chi connectivity index (χ2n) is 3.38. The van der Waals surface area contributed by atoms with Crippen LogP contribution in [0.2, 0.25) is 0 Å². The quantitative estimate of drug-likeness (QED) is 0.745. The van der Waals surface area contributed by atoms with Crippen LogP contribution in [0.3, 0.4) is 0 Å². The Balaban J connectivity index is 2.43. The summed E-state index contributed by atoms with van der Waals surface area (Å²) in [4.78, 5) is 23.0. The van der Waals surface area contributed by atoms with Crippen LogP contribution in [0.5, 0.6) is 5.75 Å². The molecule has 0 aromatic heterocycles. The van der Waals surface area contributed by atoms with Crippen LogP contribution in [0.25, 0.3) is 0 Å². The highest BCUT2D eigenvalue weighted by atomic mass is 16.5. The molecule has 1 aromatic rings. The van der Waals surface area contributed by atoms with Crippen molar-refractivity contribution in [1.29, 1.82) is 0 Å². The van der Waals surface area contributed by atoms with Crippen molar-refractivity contribution in [2.24, 2.45) is 0 Å². The number of methoxy groups -OCH3 is 2. The van der Waals surface area contributed by atoms with Crippen LogP contribution in [0.1, 0.15) is 22.0 Å². The van der Waals surface area contributed by atoms with Crippen LogP contribution in [0, 0.1) is 0 Å². The number of esters is 1. The lowest BCUT2D eigenvalue weighted by Gasteiger charge is -2.08. The molecular formula is C11H11NO4. The lowest BCUT2D eigenvalue weighted by atomic mass is 10.0. The Morgan fingerprint density at radius 1 is 1.38 bits per heavy atom. The van der Waals surface area contributed by atoms with Crippen molar-refractivity contribution < 1.29 is 19.1 Å². The molecular weight excluding hydrogens is 210 g/mol. The number of ether oxygens (including phenoxy) is 2. The molecule has 5 heteroatoms. The van der Waals surface area contributed by atoms with Gasteiger partial charge in [0.2, 0.25) is 0 Å². The lowest BCUT2D eigenvalue weighted by molar-refractivity contribution is -0.142. The Bertz CT molecular complexity index is 455. The minimum atomic E-state index is -0.710. The van der Waals surface area contributed by atoms with Crippen molar-refractivity contribution in [1.82, 2.24) is 5.32 Å². The number of fused-ring (bicyclic) bond motifs is 1. The molecule has 5 nitrogen and oxygen atoms in total. The topological polar surface area (TPSA) is 64.6 Å². The maximum atomic E-state index is 11.6. The van der Waals surface area contributed by atoms with Gasteiger partial charge in [0, 0.05) is 5.56 Å². The molecule has 16 heavy (non-hydrogen) atoms.